The van der Waals surface area contributed by atoms with Crippen LogP contribution in [0.1, 0.15) is 0 Å². The molecule has 0 aromatic carbocycles. The molecule has 0 aliphatic rings. The Balaban J connectivity index is 0. The van der Waals surface area contributed by atoms with Crippen LogP contribution >= 0.6 is 0 Å². The van der Waals surface area contributed by atoms with E-state index in [2.05, 4.69) is 30.8 Å². The van der Waals surface area contributed by atoms with Crippen molar-refractivity contribution in [1.82, 2.24) is 43.1 Å². The van der Waals surface area contributed by atoms with Gasteiger partial charge < -0.3 is 52.8 Å². The zero-order chi connectivity index (χ0) is 16.9. The standard InChI is InChI=1S/2C2N5O4.2H3N/c2*8-6(9)1-2(7(10)11)4-5-3-1;;/h;;2*1H3/q2*-1;;/p+2. The van der Waals surface area contributed by atoms with Crippen LogP contribution in [-0.4, -0.2) is 40.1 Å². The quantitative estimate of drug-likeness (QED) is 0.504. The van der Waals surface area contributed by atoms with Gasteiger partial charge in [0.15, 0.2) is 0 Å². The number of rotatable bonds is 4. The summed E-state index contributed by atoms with van der Waals surface area (Å²) in [5.41, 5.74) is 0. The van der Waals surface area contributed by atoms with Crippen molar-refractivity contribution in [2.45, 2.75) is 0 Å². The number of aromatic nitrogens is 6. The third kappa shape index (κ3) is 4.97. The van der Waals surface area contributed by atoms with Crippen LogP contribution in [0.2, 0.25) is 0 Å². The van der Waals surface area contributed by atoms with E-state index in [0.717, 1.165) is 0 Å². The second-order valence-electron chi connectivity index (χ2n) is 2.90. The van der Waals surface area contributed by atoms with Crippen LogP contribution in [0.15, 0.2) is 0 Å². The normalized spacial score (nSPS) is 8.67. The van der Waals surface area contributed by atoms with Crippen LogP contribution in [0.5, 0.6) is 0 Å². The number of nitrogens with zero attached hydrogens (tertiary/aromatic N) is 10. The Morgan fingerprint density at radius 3 is 0.833 bits per heavy atom. The van der Waals surface area contributed by atoms with Crippen LogP contribution in [-0.2, 0) is 0 Å². The van der Waals surface area contributed by atoms with E-state index in [-0.39, 0.29) is 12.3 Å². The molecule has 0 atom stereocenters. The SMILES string of the molecule is O=[N+]([O-])c1n[n-]nc1[N+](=O)[O-].O=[N+]([O-])c1n[n-]nc1[N+](=O)[O-].[NH4+].[NH4+]. The minimum atomic E-state index is -1.02. The molecule has 0 aliphatic heterocycles. The molecule has 0 unspecified atom stereocenters. The van der Waals surface area contributed by atoms with Gasteiger partial charge in [0.05, 0.1) is 0 Å². The molecule has 24 heavy (non-hydrogen) atoms. The van der Waals surface area contributed by atoms with Crippen molar-refractivity contribution in [2.24, 2.45) is 0 Å². The molecule has 20 nitrogen and oxygen atoms in total. The van der Waals surface area contributed by atoms with Crippen LogP contribution < -0.4 is 22.7 Å². The van der Waals surface area contributed by atoms with Crippen LogP contribution in [0.25, 0.3) is 0 Å². The molecule has 0 saturated carbocycles. The number of hydrogen-bond donors (Lipinski definition) is 2. The molecule has 2 aromatic heterocycles. The summed E-state index contributed by atoms with van der Waals surface area (Å²) in [6.07, 6.45) is 0. The van der Waals surface area contributed by atoms with E-state index in [0.29, 0.717) is 0 Å². The third-order valence-corrected chi connectivity index (χ3v) is 1.65. The maximum absolute atomic E-state index is 9.95. The van der Waals surface area contributed by atoms with Crippen LogP contribution in [0.4, 0.5) is 23.3 Å². The van der Waals surface area contributed by atoms with E-state index in [1.807, 2.05) is 0 Å². The Labute approximate surface area is 128 Å². The van der Waals surface area contributed by atoms with Gasteiger partial charge in [0.1, 0.15) is 0 Å². The second-order valence-corrected chi connectivity index (χ2v) is 2.90. The predicted octanol–water partition coefficient (Wildman–Crippen LogP) is -0.747. The molecule has 0 aliphatic carbocycles. The second kappa shape index (κ2) is 8.95. The van der Waals surface area contributed by atoms with Gasteiger partial charge in [-0.2, -0.15) is 0 Å². The maximum Gasteiger partial charge on any atom is 0.449 e. The summed E-state index contributed by atoms with van der Waals surface area (Å²) in [4.78, 5) is 35.7. The summed E-state index contributed by atoms with van der Waals surface area (Å²) in [5, 5.41) is 56.7. The van der Waals surface area contributed by atoms with Crippen molar-refractivity contribution < 1.29 is 19.7 Å². The molecule has 0 saturated heterocycles. The minimum absolute atomic E-state index is 0. The van der Waals surface area contributed by atoms with E-state index in [1.54, 1.807) is 0 Å². The fourth-order valence-electron chi connectivity index (χ4n) is 0.866. The summed E-state index contributed by atoms with van der Waals surface area (Å²) < 4.78 is 0. The number of hydrogen-bond acceptors (Lipinski definition) is 12. The van der Waals surface area contributed by atoms with Gasteiger partial charge in [0.2, 0.25) is 0 Å². The molecule has 2 aromatic rings. The molecule has 0 amide bonds. The first-order valence-corrected chi connectivity index (χ1v) is 4.55. The first kappa shape index (κ1) is 22.1. The van der Waals surface area contributed by atoms with Gasteiger partial charge in [-0.25, -0.2) is 0 Å². The molecule has 0 spiro atoms. The largest absolute Gasteiger partial charge is 0.449 e. The lowest BCUT2D eigenvalue weighted by atomic mass is 10.7. The molecular weight excluding hydrogens is 344 g/mol. The van der Waals surface area contributed by atoms with E-state index in [4.69, 9.17) is 0 Å². The molecule has 2 heterocycles. The number of nitro groups is 4. The highest BCUT2D eigenvalue weighted by Gasteiger charge is 2.25. The van der Waals surface area contributed by atoms with Crippen molar-refractivity contribution in [1.29, 1.82) is 0 Å². The van der Waals surface area contributed by atoms with Crippen LogP contribution in [0.3, 0.4) is 0 Å². The molecule has 0 fully saturated rings. The van der Waals surface area contributed by atoms with Gasteiger partial charge in [0.25, 0.3) is 0 Å². The average Bonchev–Trinajstić information content (AvgIpc) is 3.08. The topological polar surface area (TPSA) is 325 Å². The molecule has 2 rings (SSSR count). The Bertz CT molecular complexity index is 614. The highest BCUT2D eigenvalue weighted by molar-refractivity contribution is 5.37. The van der Waals surface area contributed by atoms with E-state index < -0.39 is 43.0 Å². The van der Waals surface area contributed by atoms with Crippen molar-refractivity contribution in [3.63, 3.8) is 0 Å². The molecule has 0 bridgehead atoms. The van der Waals surface area contributed by atoms with Gasteiger partial charge in [-0.05, 0) is 19.7 Å². The van der Waals surface area contributed by atoms with E-state index in [9.17, 15) is 40.5 Å². The van der Waals surface area contributed by atoms with Gasteiger partial charge in [-0.15, -0.1) is 0 Å². The summed E-state index contributed by atoms with van der Waals surface area (Å²) in [5.74, 6) is -3.74. The highest BCUT2D eigenvalue weighted by Crippen LogP contribution is 2.18. The van der Waals surface area contributed by atoms with E-state index >= 15 is 0 Å². The van der Waals surface area contributed by atoms with Gasteiger partial charge in [-0.3, -0.25) is 10.4 Å². The Kier molecular flexibility index (Phi) is 8.24. The van der Waals surface area contributed by atoms with Gasteiger partial charge >= 0.3 is 23.3 Å². The maximum atomic E-state index is 9.95. The zero-order valence-electron chi connectivity index (χ0n) is 11.7. The van der Waals surface area contributed by atoms with Crippen LogP contribution in [0, 0.1) is 40.5 Å². The summed E-state index contributed by atoms with van der Waals surface area (Å²) >= 11 is 0. The Hall–Kier alpha value is -4.20. The third-order valence-electron chi connectivity index (χ3n) is 1.65. The van der Waals surface area contributed by atoms with Crippen molar-refractivity contribution >= 4 is 23.3 Å². The Morgan fingerprint density at radius 1 is 0.542 bits per heavy atom. The predicted molar refractivity (Wildman–Crippen MR) is 69.3 cm³/mol. The fourth-order valence-corrected chi connectivity index (χ4v) is 0.866. The van der Waals surface area contributed by atoms with Crippen molar-refractivity contribution in [3.8, 4) is 0 Å². The van der Waals surface area contributed by atoms with Gasteiger partial charge in [-0.1, -0.05) is 20.4 Å². The average molecular weight is 352 g/mol. The van der Waals surface area contributed by atoms with E-state index in [1.165, 1.54) is 0 Å². The molecule has 20 heteroatoms. The monoisotopic (exact) mass is 352 g/mol. The number of quaternary nitrogens is 2. The fraction of sp³-hybridized carbons (Fsp3) is 0. The summed E-state index contributed by atoms with van der Waals surface area (Å²) in [6.45, 7) is 0. The first-order valence-electron chi connectivity index (χ1n) is 4.55. The molecule has 132 valence electrons. The van der Waals surface area contributed by atoms with Gasteiger partial charge in [0, 0.05) is 0 Å². The van der Waals surface area contributed by atoms with Crippen molar-refractivity contribution in [2.75, 3.05) is 0 Å². The first-order chi connectivity index (χ1) is 10.3. The Morgan fingerprint density at radius 2 is 0.708 bits per heavy atom. The smallest absolute Gasteiger partial charge is 0.369 e. The molecule has 0 radical (unpaired) electrons. The lowest BCUT2D eigenvalue weighted by Crippen LogP contribution is -1.94. The summed E-state index contributed by atoms with van der Waals surface area (Å²) in [7, 11) is 0. The molecular formula is C4H8N12O8. The zero-order valence-corrected chi connectivity index (χ0v) is 11.7. The lowest BCUT2D eigenvalue weighted by Gasteiger charge is -1.88. The summed E-state index contributed by atoms with van der Waals surface area (Å²) in [6, 6.07) is 0. The lowest BCUT2D eigenvalue weighted by molar-refractivity contribution is -0.427. The van der Waals surface area contributed by atoms with Crippen molar-refractivity contribution in [3.05, 3.63) is 40.5 Å². The highest BCUT2D eigenvalue weighted by atomic mass is 16.7. The molecule has 8 N–H and O–H groups in total. The minimum Gasteiger partial charge on any atom is -0.369 e.